The SMILES string of the molecule is COC1=C(Cc2cc3cccc(-c4cc([C@@H](O)C(F)(F)F)ccn4)c3s2)N=CCC1. The number of allylic oxidation sites excluding steroid dienone is 2. The van der Waals surface area contributed by atoms with Gasteiger partial charge < -0.3 is 9.84 Å². The van der Waals surface area contributed by atoms with Crippen LogP contribution in [0, 0.1) is 0 Å². The highest BCUT2D eigenvalue weighted by Crippen LogP contribution is 2.38. The standard InChI is InChI=1S/C22H19F3N2O2S/c1-29-19-6-3-8-26-18(19)12-15-10-13-4-2-5-16(20(13)30-15)17-11-14(7-9-27-17)21(28)22(23,24)25/h2,4-5,7-11,21,28H,3,6,12H2,1H3/t21-/m1/s1. The van der Waals surface area contributed by atoms with Crippen LogP contribution in [0.4, 0.5) is 13.2 Å². The Morgan fingerprint density at radius 3 is 2.83 bits per heavy atom. The normalized spacial score (nSPS) is 15.6. The van der Waals surface area contributed by atoms with Crippen molar-refractivity contribution in [2.45, 2.75) is 31.5 Å². The summed E-state index contributed by atoms with van der Waals surface area (Å²) in [6.45, 7) is 0. The number of hydrogen-bond donors (Lipinski definition) is 1. The average Bonchev–Trinajstić information content (AvgIpc) is 3.15. The molecule has 2 aromatic heterocycles. The van der Waals surface area contributed by atoms with Gasteiger partial charge in [0.25, 0.3) is 0 Å². The van der Waals surface area contributed by atoms with E-state index in [0.29, 0.717) is 12.1 Å². The number of thiophene rings is 1. The Balaban J connectivity index is 1.72. The Kier molecular flexibility index (Phi) is 5.62. The van der Waals surface area contributed by atoms with Crippen molar-refractivity contribution in [2.24, 2.45) is 4.99 Å². The summed E-state index contributed by atoms with van der Waals surface area (Å²) in [4.78, 5) is 9.80. The molecule has 0 spiro atoms. The van der Waals surface area contributed by atoms with Gasteiger partial charge in [0, 0.05) is 40.4 Å². The summed E-state index contributed by atoms with van der Waals surface area (Å²) in [6, 6.07) is 10.2. The van der Waals surface area contributed by atoms with E-state index in [2.05, 4.69) is 16.0 Å². The third-order valence-electron chi connectivity index (χ3n) is 4.94. The van der Waals surface area contributed by atoms with E-state index in [0.717, 1.165) is 44.8 Å². The predicted octanol–water partition coefficient (Wildman–Crippen LogP) is 5.82. The van der Waals surface area contributed by atoms with Gasteiger partial charge in [0.2, 0.25) is 0 Å². The molecule has 3 aromatic rings. The van der Waals surface area contributed by atoms with Gasteiger partial charge in [-0.05, 0) is 35.6 Å². The van der Waals surface area contributed by atoms with Crippen LogP contribution in [0.1, 0.15) is 29.4 Å². The number of hydrogen-bond acceptors (Lipinski definition) is 5. The molecule has 1 aromatic carbocycles. The Labute approximate surface area is 175 Å². The van der Waals surface area contributed by atoms with Gasteiger partial charge in [-0.2, -0.15) is 13.2 Å². The Hall–Kier alpha value is -2.71. The van der Waals surface area contributed by atoms with Gasteiger partial charge in [0.15, 0.2) is 6.10 Å². The monoisotopic (exact) mass is 432 g/mol. The fourth-order valence-electron chi connectivity index (χ4n) is 3.47. The maximum atomic E-state index is 12.9. The molecule has 0 radical (unpaired) electrons. The number of fused-ring (bicyclic) bond motifs is 1. The number of aliphatic hydroxyl groups is 1. The molecule has 0 aliphatic carbocycles. The number of alkyl halides is 3. The molecule has 30 heavy (non-hydrogen) atoms. The number of aliphatic imine (C=N–C) groups is 1. The largest absolute Gasteiger partial charge is 0.499 e. The first kappa shape index (κ1) is 20.6. The topological polar surface area (TPSA) is 54.7 Å². The maximum Gasteiger partial charge on any atom is 0.418 e. The van der Waals surface area contributed by atoms with E-state index < -0.39 is 12.3 Å². The highest BCUT2D eigenvalue weighted by Gasteiger charge is 2.39. The van der Waals surface area contributed by atoms with Crippen LogP contribution in [0.5, 0.6) is 0 Å². The van der Waals surface area contributed by atoms with E-state index in [1.807, 2.05) is 24.4 Å². The van der Waals surface area contributed by atoms with Crippen molar-refractivity contribution in [2.75, 3.05) is 7.11 Å². The number of aromatic nitrogens is 1. The van der Waals surface area contributed by atoms with Crippen LogP contribution in [0.3, 0.4) is 0 Å². The molecular formula is C22H19F3N2O2S. The van der Waals surface area contributed by atoms with E-state index in [4.69, 9.17) is 4.74 Å². The molecule has 4 rings (SSSR count). The van der Waals surface area contributed by atoms with E-state index in [1.54, 1.807) is 18.4 Å². The first-order valence-corrected chi connectivity index (χ1v) is 10.2. The lowest BCUT2D eigenvalue weighted by Gasteiger charge is -2.15. The van der Waals surface area contributed by atoms with Crippen molar-refractivity contribution in [3.05, 3.63) is 64.5 Å². The van der Waals surface area contributed by atoms with Crippen LogP contribution < -0.4 is 0 Å². The number of benzene rings is 1. The molecule has 8 heteroatoms. The molecule has 0 fully saturated rings. The van der Waals surface area contributed by atoms with Crippen molar-refractivity contribution in [1.29, 1.82) is 0 Å². The molecule has 1 aliphatic rings. The number of rotatable bonds is 5. The molecule has 4 nitrogen and oxygen atoms in total. The number of ether oxygens (including phenoxy) is 1. The summed E-state index contributed by atoms with van der Waals surface area (Å²) in [6.07, 6.45) is -1.79. The van der Waals surface area contributed by atoms with E-state index in [9.17, 15) is 18.3 Å². The first-order chi connectivity index (χ1) is 14.4. The van der Waals surface area contributed by atoms with E-state index in [-0.39, 0.29) is 5.56 Å². The highest BCUT2D eigenvalue weighted by molar-refractivity contribution is 7.19. The molecule has 0 saturated heterocycles. The molecule has 0 unspecified atom stereocenters. The van der Waals surface area contributed by atoms with Crippen LogP contribution in [-0.2, 0) is 11.2 Å². The second-order valence-electron chi connectivity index (χ2n) is 6.96. The summed E-state index contributed by atoms with van der Waals surface area (Å²) in [5.41, 5.74) is 1.79. The molecule has 1 atom stereocenters. The number of nitrogens with zero attached hydrogens (tertiary/aromatic N) is 2. The fourth-order valence-corrected chi connectivity index (χ4v) is 4.66. The third kappa shape index (κ3) is 4.11. The molecule has 156 valence electrons. The third-order valence-corrected chi connectivity index (χ3v) is 6.12. The van der Waals surface area contributed by atoms with Gasteiger partial charge in [-0.3, -0.25) is 9.98 Å². The van der Waals surface area contributed by atoms with Gasteiger partial charge in [0.1, 0.15) is 5.76 Å². The molecule has 1 N–H and O–H groups in total. The van der Waals surface area contributed by atoms with Crippen LogP contribution in [0.2, 0.25) is 0 Å². The van der Waals surface area contributed by atoms with Crippen molar-refractivity contribution < 1.29 is 23.0 Å². The zero-order valence-corrected chi connectivity index (χ0v) is 16.9. The maximum absolute atomic E-state index is 12.9. The summed E-state index contributed by atoms with van der Waals surface area (Å²) >= 11 is 1.56. The number of halogens is 3. The lowest BCUT2D eigenvalue weighted by molar-refractivity contribution is -0.206. The first-order valence-electron chi connectivity index (χ1n) is 9.38. The van der Waals surface area contributed by atoms with Gasteiger partial charge in [-0.25, -0.2) is 0 Å². The minimum atomic E-state index is -4.73. The number of methoxy groups -OCH3 is 1. The second-order valence-corrected chi connectivity index (χ2v) is 8.09. The predicted molar refractivity (Wildman–Crippen MR) is 112 cm³/mol. The van der Waals surface area contributed by atoms with Crippen LogP contribution in [-0.4, -0.2) is 29.6 Å². The Bertz CT molecular complexity index is 1130. The van der Waals surface area contributed by atoms with Crippen molar-refractivity contribution in [3.63, 3.8) is 0 Å². The summed E-state index contributed by atoms with van der Waals surface area (Å²) in [5, 5.41) is 10.6. The van der Waals surface area contributed by atoms with Gasteiger partial charge >= 0.3 is 6.18 Å². The van der Waals surface area contributed by atoms with E-state index >= 15 is 0 Å². The van der Waals surface area contributed by atoms with Crippen molar-refractivity contribution in [3.8, 4) is 11.3 Å². The summed E-state index contributed by atoms with van der Waals surface area (Å²) in [7, 11) is 1.65. The summed E-state index contributed by atoms with van der Waals surface area (Å²) < 4.78 is 45.1. The summed E-state index contributed by atoms with van der Waals surface area (Å²) in [5.74, 6) is 0.880. The number of pyridine rings is 1. The minimum absolute atomic E-state index is 0.229. The average molecular weight is 432 g/mol. The van der Waals surface area contributed by atoms with Gasteiger partial charge in [-0.15, -0.1) is 11.3 Å². The molecule has 0 bridgehead atoms. The lowest BCUT2D eigenvalue weighted by atomic mass is 10.0. The van der Waals surface area contributed by atoms with E-state index in [1.165, 1.54) is 18.3 Å². The zero-order chi connectivity index (χ0) is 21.3. The van der Waals surface area contributed by atoms with Gasteiger partial charge in [0.05, 0.1) is 18.5 Å². The molecular weight excluding hydrogens is 413 g/mol. The quantitative estimate of drug-likeness (QED) is 0.552. The molecule has 1 aliphatic heterocycles. The van der Waals surface area contributed by atoms with Crippen LogP contribution in [0.15, 0.2) is 59.0 Å². The zero-order valence-electron chi connectivity index (χ0n) is 16.1. The van der Waals surface area contributed by atoms with Crippen molar-refractivity contribution >= 4 is 27.6 Å². The van der Waals surface area contributed by atoms with Gasteiger partial charge in [-0.1, -0.05) is 18.2 Å². The molecule has 3 heterocycles. The van der Waals surface area contributed by atoms with Crippen LogP contribution >= 0.6 is 11.3 Å². The van der Waals surface area contributed by atoms with Crippen molar-refractivity contribution in [1.82, 2.24) is 4.98 Å². The lowest BCUT2D eigenvalue weighted by Crippen LogP contribution is -2.20. The molecule has 0 saturated carbocycles. The Morgan fingerprint density at radius 2 is 2.07 bits per heavy atom. The highest BCUT2D eigenvalue weighted by atomic mass is 32.1. The fraction of sp³-hybridized carbons (Fsp3) is 0.273. The number of aliphatic hydroxyl groups excluding tert-OH is 1. The smallest absolute Gasteiger partial charge is 0.418 e. The second kappa shape index (κ2) is 8.20. The molecule has 0 amide bonds. The van der Waals surface area contributed by atoms with Crippen LogP contribution in [0.25, 0.3) is 21.3 Å². The Morgan fingerprint density at radius 1 is 1.23 bits per heavy atom. The minimum Gasteiger partial charge on any atom is -0.499 e.